The van der Waals surface area contributed by atoms with Crippen LogP contribution in [0.15, 0.2) is 12.1 Å². The number of aromatic nitrogens is 2. The number of nitrogens with zero attached hydrogens (tertiary/aromatic N) is 3. The zero-order valence-corrected chi connectivity index (χ0v) is 17.6. The van der Waals surface area contributed by atoms with Crippen LogP contribution in [0.4, 0.5) is 5.82 Å². The molecule has 2 heterocycles. The summed E-state index contributed by atoms with van der Waals surface area (Å²) in [5, 5.41) is 23.8. The van der Waals surface area contributed by atoms with Crippen LogP contribution in [0.5, 0.6) is 17.5 Å². The molecule has 8 nitrogen and oxygen atoms in total. The highest BCUT2D eigenvalue weighted by Crippen LogP contribution is 2.35. The molecule has 0 spiro atoms. The van der Waals surface area contributed by atoms with Crippen LogP contribution in [0.1, 0.15) is 66.7 Å². The van der Waals surface area contributed by atoms with Crippen LogP contribution in [0.25, 0.3) is 0 Å². The number of anilines is 1. The lowest BCUT2D eigenvalue weighted by Gasteiger charge is -2.30. The van der Waals surface area contributed by atoms with Crippen LogP contribution in [-0.4, -0.2) is 50.2 Å². The SMILES string of the molecule is CCOc1nc2c(c(NC3CC3)n1)CN(C(=O)c1cc(C(C)C)c(O)cc1O)CC2. The first-order valence-corrected chi connectivity index (χ1v) is 10.5. The summed E-state index contributed by atoms with van der Waals surface area (Å²) in [6.07, 6.45) is 2.79. The highest BCUT2D eigenvalue weighted by atomic mass is 16.5. The fourth-order valence-electron chi connectivity index (χ4n) is 3.70. The molecule has 8 heteroatoms. The van der Waals surface area contributed by atoms with Crippen molar-refractivity contribution in [2.24, 2.45) is 0 Å². The number of phenolic OH excluding ortho intramolecular Hbond substituents is 2. The Hall–Kier alpha value is -3.03. The number of phenols is 2. The summed E-state index contributed by atoms with van der Waals surface area (Å²) in [6, 6.07) is 3.60. The Morgan fingerprint density at radius 3 is 2.70 bits per heavy atom. The maximum Gasteiger partial charge on any atom is 0.318 e. The standard InChI is InChI=1S/C22H28N4O4/c1-4-30-22-24-17-7-8-26(11-16(17)20(25-22)23-13-5-6-13)21(29)15-9-14(12(2)3)18(27)10-19(15)28/h9-10,12-13,27-28H,4-8,11H2,1-3H3,(H,23,24,25). The Balaban J connectivity index is 1.64. The van der Waals surface area contributed by atoms with Crippen LogP contribution in [-0.2, 0) is 13.0 Å². The van der Waals surface area contributed by atoms with Crippen LogP contribution in [0.3, 0.4) is 0 Å². The number of rotatable bonds is 6. The number of hydrogen-bond acceptors (Lipinski definition) is 7. The molecule has 2 aliphatic rings. The molecule has 0 atom stereocenters. The number of carbonyl (C=O) groups is 1. The highest BCUT2D eigenvalue weighted by molar-refractivity contribution is 5.97. The van der Waals surface area contributed by atoms with Gasteiger partial charge in [0.15, 0.2) is 0 Å². The highest BCUT2D eigenvalue weighted by Gasteiger charge is 2.30. The minimum atomic E-state index is -0.272. The maximum absolute atomic E-state index is 13.2. The van der Waals surface area contributed by atoms with Crippen molar-refractivity contribution in [2.45, 2.75) is 58.5 Å². The van der Waals surface area contributed by atoms with Gasteiger partial charge in [0.2, 0.25) is 0 Å². The van der Waals surface area contributed by atoms with Gasteiger partial charge in [-0.2, -0.15) is 9.97 Å². The van der Waals surface area contributed by atoms with Gasteiger partial charge in [0.25, 0.3) is 5.91 Å². The minimum absolute atomic E-state index is 0.00388. The molecule has 1 aliphatic carbocycles. The average molecular weight is 412 g/mol. The number of carbonyl (C=O) groups excluding carboxylic acids is 1. The van der Waals surface area contributed by atoms with Crippen molar-refractivity contribution in [1.82, 2.24) is 14.9 Å². The van der Waals surface area contributed by atoms with Gasteiger partial charge in [-0.1, -0.05) is 13.8 Å². The van der Waals surface area contributed by atoms with E-state index in [-0.39, 0.29) is 28.9 Å². The molecule has 2 aromatic rings. The lowest BCUT2D eigenvalue weighted by molar-refractivity contribution is 0.0730. The second-order valence-corrected chi connectivity index (χ2v) is 8.19. The molecular formula is C22H28N4O4. The third kappa shape index (κ3) is 3.99. The van der Waals surface area contributed by atoms with Gasteiger partial charge >= 0.3 is 6.01 Å². The van der Waals surface area contributed by atoms with E-state index in [0.29, 0.717) is 43.7 Å². The van der Waals surface area contributed by atoms with Gasteiger partial charge in [0, 0.05) is 30.6 Å². The zero-order valence-electron chi connectivity index (χ0n) is 17.6. The number of benzene rings is 1. The van der Waals surface area contributed by atoms with Crippen molar-refractivity contribution in [3.05, 3.63) is 34.5 Å². The fraction of sp³-hybridized carbons (Fsp3) is 0.500. The van der Waals surface area contributed by atoms with E-state index in [1.807, 2.05) is 20.8 Å². The van der Waals surface area contributed by atoms with E-state index in [1.165, 1.54) is 6.07 Å². The van der Waals surface area contributed by atoms with Crippen molar-refractivity contribution in [3.8, 4) is 17.5 Å². The van der Waals surface area contributed by atoms with E-state index in [1.54, 1.807) is 11.0 Å². The van der Waals surface area contributed by atoms with Gasteiger partial charge in [-0.3, -0.25) is 4.79 Å². The topological polar surface area (TPSA) is 108 Å². The van der Waals surface area contributed by atoms with E-state index in [4.69, 9.17) is 4.74 Å². The largest absolute Gasteiger partial charge is 0.508 e. The lowest BCUT2D eigenvalue weighted by atomic mass is 9.97. The third-order valence-corrected chi connectivity index (χ3v) is 5.52. The van der Waals surface area contributed by atoms with Gasteiger partial charge in [0.1, 0.15) is 17.3 Å². The summed E-state index contributed by atoms with van der Waals surface area (Å²) in [7, 11) is 0. The summed E-state index contributed by atoms with van der Waals surface area (Å²) in [4.78, 5) is 24.0. The zero-order chi connectivity index (χ0) is 21.4. The Morgan fingerprint density at radius 2 is 2.03 bits per heavy atom. The molecule has 30 heavy (non-hydrogen) atoms. The van der Waals surface area contributed by atoms with Gasteiger partial charge in [-0.15, -0.1) is 0 Å². The van der Waals surface area contributed by atoms with Gasteiger partial charge in [0.05, 0.1) is 24.4 Å². The van der Waals surface area contributed by atoms with Crippen molar-refractivity contribution in [2.75, 3.05) is 18.5 Å². The molecule has 0 bridgehead atoms. The average Bonchev–Trinajstić information content (AvgIpc) is 3.51. The van der Waals surface area contributed by atoms with Crippen LogP contribution < -0.4 is 10.1 Å². The van der Waals surface area contributed by atoms with Crippen LogP contribution in [0.2, 0.25) is 0 Å². The van der Waals surface area contributed by atoms with Crippen LogP contribution in [0, 0.1) is 0 Å². The van der Waals surface area contributed by atoms with E-state index in [9.17, 15) is 15.0 Å². The first-order chi connectivity index (χ1) is 14.4. The smallest absolute Gasteiger partial charge is 0.318 e. The molecule has 0 unspecified atom stereocenters. The minimum Gasteiger partial charge on any atom is -0.508 e. The Kier molecular flexibility index (Phi) is 5.40. The number of fused-ring (bicyclic) bond motifs is 1. The molecule has 0 saturated heterocycles. The number of amides is 1. The van der Waals surface area contributed by atoms with Crippen molar-refractivity contribution in [1.29, 1.82) is 0 Å². The second kappa shape index (κ2) is 8.01. The first kappa shape index (κ1) is 20.3. The van der Waals surface area contributed by atoms with Gasteiger partial charge < -0.3 is 25.2 Å². The number of ether oxygens (including phenoxy) is 1. The molecule has 1 aromatic heterocycles. The summed E-state index contributed by atoms with van der Waals surface area (Å²) < 4.78 is 5.52. The molecule has 1 amide bonds. The number of nitrogens with one attached hydrogen (secondary N) is 1. The van der Waals surface area contributed by atoms with Crippen molar-refractivity contribution >= 4 is 11.7 Å². The Labute approximate surface area is 175 Å². The number of hydrogen-bond donors (Lipinski definition) is 3. The van der Waals surface area contributed by atoms with E-state index >= 15 is 0 Å². The molecule has 1 aliphatic heterocycles. The second-order valence-electron chi connectivity index (χ2n) is 8.19. The fourth-order valence-corrected chi connectivity index (χ4v) is 3.70. The molecule has 1 saturated carbocycles. The molecule has 4 rings (SSSR count). The molecule has 3 N–H and O–H groups in total. The third-order valence-electron chi connectivity index (χ3n) is 5.52. The Morgan fingerprint density at radius 1 is 1.27 bits per heavy atom. The molecule has 1 aromatic carbocycles. The van der Waals surface area contributed by atoms with Gasteiger partial charge in [-0.05, 0) is 37.3 Å². The van der Waals surface area contributed by atoms with E-state index in [0.717, 1.165) is 29.9 Å². The van der Waals surface area contributed by atoms with E-state index < -0.39 is 0 Å². The summed E-state index contributed by atoms with van der Waals surface area (Å²) in [5.74, 6) is 0.259. The van der Waals surface area contributed by atoms with Crippen molar-refractivity contribution in [3.63, 3.8) is 0 Å². The Bertz CT molecular complexity index is 972. The van der Waals surface area contributed by atoms with Crippen molar-refractivity contribution < 1.29 is 19.7 Å². The summed E-state index contributed by atoms with van der Waals surface area (Å²) >= 11 is 0. The quantitative estimate of drug-likeness (QED) is 0.669. The first-order valence-electron chi connectivity index (χ1n) is 10.5. The van der Waals surface area contributed by atoms with Crippen LogP contribution >= 0.6 is 0 Å². The predicted molar refractivity (Wildman–Crippen MR) is 112 cm³/mol. The molecule has 1 fully saturated rings. The molecule has 0 radical (unpaired) electrons. The monoisotopic (exact) mass is 412 g/mol. The normalized spacial score (nSPS) is 15.8. The molecule has 160 valence electrons. The maximum atomic E-state index is 13.2. The summed E-state index contributed by atoms with van der Waals surface area (Å²) in [5.41, 5.74) is 2.61. The van der Waals surface area contributed by atoms with E-state index in [2.05, 4.69) is 15.3 Å². The lowest BCUT2D eigenvalue weighted by Crippen LogP contribution is -2.37. The number of aromatic hydroxyl groups is 2. The van der Waals surface area contributed by atoms with Gasteiger partial charge in [-0.25, -0.2) is 0 Å². The predicted octanol–water partition coefficient (Wildman–Crippen LogP) is 3.18. The molecular weight excluding hydrogens is 384 g/mol. The summed E-state index contributed by atoms with van der Waals surface area (Å²) in [6.45, 7) is 7.08.